The zero-order valence-corrected chi connectivity index (χ0v) is 13.3. The summed E-state index contributed by atoms with van der Waals surface area (Å²) in [5, 5.41) is 14.0. The van der Waals surface area contributed by atoms with Crippen molar-refractivity contribution in [1.29, 1.82) is 0 Å². The van der Waals surface area contributed by atoms with Gasteiger partial charge in [-0.2, -0.15) is 0 Å². The van der Waals surface area contributed by atoms with E-state index in [4.69, 9.17) is 0 Å². The number of aliphatic hydroxyl groups excluding tert-OH is 1. The third kappa shape index (κ3) is 3.05. The Hall–Kier alpha value is -1.73. The molecule has 6 heteroatoms. The maximum Gasteiger partial charge on any atom is 0.250 e. The first-order valence-electron chi connectivity index (χ1n) is 6.77. The molecule has 0 spiro atoms. The van der Waals surface area contributed by atoms with E-state index in [2.05, 4.69) is 4.72 Å². The third-order valence-electron chi connectivity index (χ3n) is 3.41. The number of hydrogen-bond donors (Lipinski definition) is 2. The summed E-state index contributed by atoms with van der Waals surface area (Å²) in [6.45, 7) is -0.0613. The Kier molecular flexibility index (Phi) is 4.26. The number of nitrogens with one attached hydrogen (secondary N) is 1. The summed E-state index contributed by atoms with van der Waals surface area (Å²) >= 11 is 1.15. The van der Waals surface area contributed by atoms with Gasteiger partial charge >= 0.3 is 0 Å². The van der Waals surface area contributed by atoms with Crippen molar-refractivity contribution in [3.8, 4) is 0 Å². The highest BCUT2D eigenvalue weighted by Crippen LogP contribution is 2.24. The van der Waals surface area contributed by atoms with Crippen molar-refractivity contribution in [2.45, 2.75) is 10.3 Å². The summed E-state index contributed by atoms with van der Waals surface area (Å²) in [7, 11) is -3.56. The van der Waals surface area contributed by atoms with E-state index in [9.17, 15) is 13.5 Å². The Bertz CT molecular complexity index is 868. The van der Waals surface area contributed by atoms with Gasteiger partial charge in [-0.3, -0.25) is 0 Å². The molecular formula is C16H15NO3S2. The Morgan fingerprint density at radius 1 is 1.05 bits per heavy atom. The summed E-state index contributed by atoms with van der Waals surface area (Å²) in [5.41, 5.74) is 0.715. The van der Waals surface area contributed by atoms with Crippen molar-refractivity contribution in [3.63, 3.8) is 0 Å². The first-order chi connectivity index (χ1) is 10.6. The second kappa shape index (κ2) is 6.18. The van der Waals surface area contributed by atoms with Gasteiger partial charge in [0.2, 0.25) is 10.0 Å². The van der Waals surface area contributed by atoms with Crippen LogP contribution in [0.25, 0.3) is 10.8 Å². The number of benzene rings is 2. The molecule has 0 aliphatic rings. The fraction of sp³-hybridized carbons (Fsp3) is 0.125. The van der Waals surface area contributed by atoms with Crippen LogP contribution in [0, 0.1) is 0 Å². The summed E-state index contributed by atoms with van der Waals surface area (Å²) in [5.74, 6) is 0. The lowest BCUT2D eigenvalue weighted by Crippen LogP contribution is -2.28. The number of aliphatic hydroxyl groups is 1. The van der Waals surface area contributed by atoms with Gasteiger partial charge < -0.3 is 5.11 Å². The van der Waals surface area contributed by atoms with Crippen LogP contribution in [0.1, 0.15) is 11.7 Å². The van der Waals surface area contributed by atoms with Crippen molar-refractivity contribution < 1.29 is 13.5 Å². The summed E-state index contributed by atoms with van der Waals surface area (Å²) in [4.78, 5) is 0. The van der Waals surface area contributed by atoms with Gasteiger partial charge in [0.05, 0.1) is 6.10 Å². The van der Waals surface area contributed by atoms with Gasteiger partial charge in [-0.15, -0.1) is 11.3 Å². The van der Waals surface area contributed by atoms with Crippen molar-refractivity contribution in [3.05, 3.63) is 65.5 Å². The maximum atomic E-state index is 12.1. The Morgan fingerprint density at radius 2 is 1.82 bits per heavy atom. The predicted octanol–water partition coefficient (Wildman–Crippen LogP) is 2.91. The molecule has 0 saturated carbocycles. The van der Waals surface area contributed by atoms with E-state index < -0.39 is 16.1 Å². The average molecular weight is 333 g/mol. The van der Waals surface area contributed by atoms with Gasteiger partial charge in [-0.25, -0.2) is 13.1 Å². The van der Waals surface area contributed by atoms with Crippen LogP contribution in [0.3, 0.4) is 0 Å². The molecule has 0 bridgehead atoms. The Labute approximate surface area is 133 Å². The lowest BCUT2D eigenvalue weighted by atomic mass is 10.0. The van der Waals surface area contributed by atoms with Crippen LogP contribution >= 0.6 is 11.3 Å². The molecule has 0 aliphatic heterocycles. The molecular weight excluding hydrogens is 318 g/mol. The van der Waals surface area contributed by atoms with Gasteiger partial charge in [-0.05, 0) is 27.8 Å². The molecule has 0 saturated heterocycles. The van der Waals surface area contributed by atoms with E-state index >= 15 is 0 Å². The fourth-order valence-corrected chi connectivity index (χ4v) is 4.40. The zero-order chi connectivity index (χ0) is 15.6. The summed E-state index contributed by atoms with van der Waals surface area (Å²) in [6, 6.07) is 16.6. The first kappa shape index (κ1) is 15.2. The van der Waals surface area contributed by atoms with Crippen LogP contribution in [0.5, 0.6) is 0 Å². The molecule has 1 aromatic heterocycles. The van der Waals surface area contributed by atoms with E-state index in [1.165, 1.54) is 6.07 Å². The largest absolute Gasteiger partial charge is 0.387 e. The topological polar surface area (TPSA) is 66.4 Å². The molecule has 2 aromatic carbocycles. The molecule has 1 heterocycles. The molecule has 114 valence electrons. The van der Waals surface area contributed by atoms with Crippen molar-refractivity contribution in [2.75, 3.05) is 6.54 Å². The average Bonchev–Trinajstić information content (AvgIpc) is 3.07. The van der Waals surface area contributed by atoms with Crippen LogP contribution in [0.4, 0.5) is 0 Å². The fourth-order valence-electron chi connectivity index (χ4n) is 2.33. The lowest BCUT2D eigenvalue weighted by molar-refractivity contribution is 0.183. The highest BCUT2D eigenvalue weighted by Gasteiger charge is 2.18. The molecule has 0 amide bonds. The minimum atomic E-state index is -3.56. The standard InChI is InChI=1S/C16H15NO3S2/c18-15(11-17-22(19,20)16-9-4-10-21-16)14-8-3-6-12-5-1-2-7-13(12)14/h1-10,15,17-18H,11H2/t15-/m1/s1. The van der Waals surface area contributed by atoms with Crippen LogP contribution in [0.15, 0.2) is 64.2 Å². The second-order valence-corrected chi connectivity index (χ2v) is 7.81. The first-order valence-corrected chi connectivity index (χ1v) is 9.13. The molecule has 4 nitrogen and oxygen atoms in total. The van der Waals surface area contributed by atoms with Gasteiger partial charge in [0.25, 0.3) is 0 Å². The molecule has 22 heavy (non-hydrogen) atoms. The van der Waals surface area contributed by atoms with E-state index in [0.29, 0.717) is 5.56 Å². The van der Waals surface area contributed by atoms with Gasteiger partial charge in [0, 0.05) is 6.54 Å². The predicted molar refractivity (Wildman–Crippen MR) is 88.4 cm³/mol. The second-order valence-electron chi connectivity index (χ2n) is 4.87. The van der Waals surface area contributed by atoms with E-state index in [-0.39, 0.29) is 10.8 Å². The van der Waals surface area contributed by atoms with Crippen LogP contribution in [-0.4, -0.2) is 20.1 Å². The Balaban J connectivity index is 1.81. The maximum absolute atomic E-state index is 12.1. The quantitative estimate of drug-likeness (QED) is 0.754. The van der Waals surface area contributed by atoms with Crippen LogP contribution < -0.4 is 4.72 Å². The smallest absolute Gasteiger partial charge is 0.250 e. The Morgan fingerprint density at radius 3 is 2.59 bits per heavy atom. The summed E-state index contributed by atoms with van der Waals surface area (Å²) < 4.78 is 26.9. The van der Waals surface area contributed by atoms with Gasteiger partial charge in [0.1, 0.15) is 4.21 Å². The van der Waals surface area contributed by atoms with Gasteiger partial charge in [0.15, 0.2) is 0 Å². The van der Waals surface area contributed by atoms with E-state index in [1.54, 1.807) is 11.4 Å². The summed E-state index contributed by atoms with van der Waals surface area (Å²) in [6.07, 6.45) is -0.902. The number of fused-ring (bicyclic) bond motifs is 1. The highest BCUT2D eigenvalue weighted by molar-refractivity contribution is 7.91. The van der Waals surface area contributed by atoms with E-state index in [0.717, 1.165) is 22.1 Å². The van der Waals surface area contributed by atoms with Crippen LogP contribution in [-0.2, 0) is 10.0 Å². The zero-order valence-electron chi connectivity index (χ0n) is 11.6. The monoisotopic (exact) mass is 333 g/mol. The van der Waals surface area contributed by atoms with Crippen molar-refractivity contribution in [2.24, 2.45) is 0 Å². The highest BCUT2D eigenvalue weighted by atomic mass is 32.2. The SMILES string of the molecule is O=S(=O)(NC[C@@H](O)c1cccc2ccccc12)c1cccs1. The van der Waals surface area contributed by atoms with Crippen molar-refractivity contribution >= 4 is 32.1 Å². The molecule has 1 atom stereocenters. The molecule has 0 radical (unpaired) electrons. The number of sulfonamides is 1. The number of thiophene rings is 1. The molecule has 0 aliphatic carbocycles. The molecule has 3 aromatic rings. The van der Waals surface area contributed by atoms with Gasteiger partial charge in [-0.1, -0.05) is 48.5 Å². The normalized spacial score (nSPS) is 13.3. The van der Waals surface area contributed by atoms with Crippen molar-refractivity contribution in [1.82, 2.24) is 4.72 Å². The molecule has 2 N–H and O–H groups in total. The van der Waals surface area contributed by atoms with Crippen LogP contribution in [0.2, 0.25) is 0 Å². The number of hydrogen-bond acceptors (Lipinski definition) is 4. The molecule has 3 rings (SSSR count). The minimum absolute atomic E-state index is 0.0613. The van der Waals surface area contributed by atoms with E-state index in [1.807, 2.05) is 42.5 Å². The lowest BCUT2D eigenvalue weighted by Gasteiger charge is -2.14. The number of rotatable bonds is 5. The molecule has 0 unspecified atom stereocenters. The third-order valence-corrected chi connectivity index (χ3v) is 6.23. The molecule has 0 fully saturated rings. The minimum Gasteiger partial charge on any atom is -0.387 e.